The van der Waals surface area contributed by atoms with Gasteiger partial charge in [-0.25, -0.2) is 4.39 Å². The Morgan fingerprint density at radius 3 is 2.76 bits per heavy atom. The van der Waals surface area contributed by atoms with Crippen LogP contribution in [0.5, 0.6) is 0 Å². The SMILES string of the molecule is CN(C)CCn1ncc(Cl)c1C(O)c1cccc(F)c1Cl. The van der Waals surface area contributed by atoms with Crippen molar-refractivity contribution in [2.45, 2.75) is 12.6 Å². The van der Waals surface area contributed by atoms with E-state index in [0.29, 0.717) is 17.3 Å². The van der Waals surface area contributed by atoms with Crippen LogP contribution in [0, 0.1) is 5.82 Å². The molecule has 0 aliphatic carbocycles. The highest BCUT2D eigenvalue weighted by Crippen LogP contribution is 2.33. The minimum atomic E-state index is -1.13. The lowest BCUT2D eigenvalue weighted by Gasteiger charge is -2.17. The first-order chi connectivity index (χ1) is 9.91. The standard InChI is InChI=1S/C14H16Cl2FN3O/c1-19(2)6-7-20-13(10(15)8-18-20)14(21)9-4-3-5-11(17)12(9)16/h3-5,8,14,21H,6-7H2,1-2H3. The predicted molar refractivity (Wildman–Crippen MR) is 81.3 cm³/mol. The summed E-state index contributed by atoms with van der Waals surface area (Å²) in [6.07, 6.45) is 0.327. The second-order valence-corrected chi connectivity index (χ2v) is 5.73. The van der Waals surface area contributed by atoms with Crippen molar-refractivity contribution in [3.8, 4) is 0 Å². The average Bonchev–Trinajstić information content (AvgIpc) is 2.80. The van der Waals surface area contributed by atoms with Crippen LogP contribution in [0.1, 0.15) is 17.4 Å². The molecule has 114 valence electrons. The maximum absolute atomic E-state index is 13.5. The summed E-state index contributed by atoms with van der Waals surface area (Å²) in [4.78, 5) is 1.99. The van der Waals surface area contributed by atoms with Gasteiger partial charge in [-0.05, 0) is 20.2 Å². The third-order valence-corrected chi connectivity index (χ3v) is 3.82. The molecule has 1 atom stereocenters. The van der Waals surface area contributed by atoms with Crippen LogP contribution in [-0.4, -0.2) is 40.4 Å². The smallest absolute Gasteiger partial charge is 0.142 e. The number of hydrogen-bond donors (Lipinski definition) is 1. The second-order valence-electron chi connectivity index (χ2n) is 4.95. The van der Waals surface area contributed by atoms with E-state index in [1.54, 1.807) is 10.7 Å². The fraction of sp³-hybridized carbons (Fsp3) is 0.357. The number of halogens is 3. The van der Waals surface area contributed by atoms with Gasteiger partial charge in [0.15, 0.2) is 0 Å². The minimum absolute atomic E-state index is 0.110. The van der Waals surface area contributed by atoms with E-state index >= 15 is 0 Å². The van der Waals surface area contributed by atoms with Crippen LogP contribution in [-0.2, 0) is 6.54 Å². The Kier molecular flexibility index (Phi) is 5.22. The van der Waals surface area contributed by atoms with Gasteiger partial charge in [0.1, 0.15) is 11.9 Å². The Morgan fingerprint density at radius 2 is 2.10 bits per heavy atom. The summed E-state index contributed by atoms with van der Waals surface area (Å²) in [7, 11) is 3.87. The summed E-state index contributed by atoms with van der Waals surface area (Å²) < 4.78 is 15.1. The summed E-state index contributed by atoms with van der Waals surface area (Å²) in [5.74, 6) is -0.580. The summed E-state index contributed by atoms with van der Waals surface area (Å²) >= 11 is 12.0. The largest absolute Gasteiger partial charge is 0.382 e. The molecule has 0 aliphatic heterocycles. The van der Waals surface area contributed by atoms with E-state index in [4.69, 9.17) is 23.2 Å². The quantitative estimate of drug-likeness (QED) is 0.915. The van der Waals surface area contributed by atoms with E-state index in [-0.39, 0.29) is 10.6 Å². The molecule has 1 heterocycles. The number of nitrogens with zero attached hydrogens (tertiary/aromatic N) is 3. The summed E-state index contributed by atoms with van der Waals surface area (Å²) in [5.41, 5.74) is 0.677. The van der Waals surface area contributed by atoms with Gasteiger partial charge in [-0.15, -0.1) is 0 Å². The molecule has 0 fully saturated rings. The Hall–Kier alpha value is -1.14. The predicted octanol–water partition coefficient (Wildman–Crippen LogP) is 2.97. The summed E-state index contributed by atoms with van der Waals surface area (Å²) in [5, 5.41) is 14.9. The molecule has 0 saturated heterocycles. The molecule has 0 aliphatic rings. The van der Waals surface area contributed by atoms with E-state index in [2.05, 4.69) is 5.10 Å². The van der Waals surface area contributed by atoms with Crippen molar-refractivity contribution in [1.82, 2.24) is 14.7 Å². The van der Waals surface area contributed by atoms with Gasteiger partial charge in [-0.1, -0.05) is 35.3 Å². The fourth-order valence-electron chi connectivity index (χ4n) is 2.00. The van der Waals surface area contributed by atoms with Crippen molar-refractivity contribution in [2.24, 2.45) is 0 Å². The molecule has 0 amide bonds. The van der Waals surface area contributed by atoms with E-state index in [9.17, 15) is 9.50 Å². The molecule has 0 saturated carbocycles. The van der Waals surface area contributed by atoms with Crippen molar-refractivity contribution in [3.05, 3.63) is 51.5 Å². The Labute approximate surface area is 132 Å². The molecular weight excluding hydrogens is 316 g/mol. The summed E-state index contributed by atoms with van der Waals surface area (Å²) in [6, 6.07) is 4.30. The van der Waals surface area contributed by atoms with Crippen molar-refractivity contribution < 1.29 is 9.50 Å². The second kappa shape index (κ2) is 6.75. The molecule has 0 bridgehead atoms. The zero-order valence-corrected chi connectivity index (χ0v) is 13.2. The van der Waals surface area contributed by atoms with Gasteiger partial charge in [0.2, 0.25) is 0 Å². The topological polar surface area (TPSA) is 41.3 Å². The highest BCUT2D eigenvalue weighted by atomic mass is 35.5. The minimum Gasteiger partial charge on any atom is -0.382 e. The molecule has 2 aromatic rings. The monoisotopic (exact) mass is 331 g/mol. The Morgan fingerprint density at radius 1 is 1.38 bits per heavy atom. The van der Waals surface area contributed by atoms with Crippen molar-refractivity contribution in [3.63, 3.8) is 0 Å². The van der Waals surface area contributed by atoms with Crippen molar-refractivity contribution >= 4 is 23.2 Å². The summed E-state index contributed by atoms with van der Waals surface area (Å²) in [6.45, 7) is 1.29. The van der Waals surface area contributed by atoms with Gasteiger partial charge < -0.3 is 10.0 Å². The Bertz CT molecular complexity index is 631. The fourth-order valence-corrected chi connectivity index (χ4v) is 2.47. The Balaban J connectivity index is 2.36. The van der Waals surface area contributed by atoms with Crippen LogP contribution in [0.2, 0.25) is 10.0 Å². The molecule has 1 aromatic carbocycles. The normalized spacial score (nSPS) is 12.9. The lowest BCUT2D eigenvalue weighted by molar-refractivity contribution is 0.205. The number of rotatable bonds is 5. The zero-order valence-electron chi connectivity index (χ0n) is 11.7. The highest BCUT2D eigenvalue weighted by molar-refractivity contribution is 6.32. The third-order valence-electron chi connectivity index (χ3n) is 3.13. The van der Waals surface area contributed by atoms with E-state index in [1.807, 2.05) is 19.0 Å². The number of likely N-dealkylation sites (N-methyl/N-ethyl adjacent to an activating group) is 1. The number of aliphatic hydroxyl groups is 1. The van der Waals surface area contributed by atoms with E-state index in [0.717, 1.165) is 6.54 Å². The van der Waals surface area contributed by atoms with Crippen LogP contribution >= 0.6 is 23.2 Å². The number of aromatic nitrogens is 2. The molecule has 7 heteroatoms. The van der Waals surface area contributed by atoms with Gasteiger partial charge in [0, 0.05) is 12.1 Å². The van der Waals surface area contributed by atoms with Crippen molar-refractivity contribution in [1.29, 1.82) is 0 Å². The first kappa shape index (κ1) is 16.2. The number of aliphatic hydroxyl groups excluding tert-OH is 1. The molecule has 2 rings (SSSR count). The van der Waals surface area contributed by atoms with Crippen LogP contribution < -0.4 is 0 Å². The van der Waals surface area contributed by atoms with E-state index in [1.165, 1.54) is 18.3 Å². The van der Waals surface area contributed by atoms with Crippen LogP contribution in [0.15, 0.2) is 24.4 Å². The van der Waals surface area contributed by atoms with Crippen molar-refractivity contribution in [2.75, 3.05) is 20.6 Å². The van der Waals surface area contributed by atoms with Gasteiger partial charge in [-0.2, -0.15) is 5.10 Å². The molecule has 1 aromatic heterocycles. The molecule has 4 nitrogen and oxygen atoms in total. The molecule has 0 spiro atoms. The van der Waals surface area contributed by atoms with Gasteiger partial charge >= 0.3 is 0 Å². The lowest BCUT2D eigenvalue weighted by atomic mass is 10.1. The number of hydrogen-bond acceptors (Lipinski definition) is 3. The molecule has 0 radical (unpaired) electrons. The first-order valence-electron chi connectivity index (χ1n) is 6.39. The van der Waals surface area contributed by atoms with Gasteiger partial charge in [0.05, 0.1) is 28.5 Å². The molecule has 1 unspecified atom stereocenters. The van der Waals surface area contributed by atoms with Gasteiger partial charge in [0.25, 0.3) is 0 Å². The van der Waals surface area contributed by atoms with Crippen LogP contribution in [0.4, 0.5) is 4.39 Å². The van der Waals surface area contributed by atoms with Crippen LogP contribution in [0.3, 0.4) is 0 Å². The average molecular weight is 332 g/mol. The molecule has 1 N–H and O–H groups in total. The molecule has 21 heavy (non-hydrogen) atoms. The number of benzene rings is 1. The van der Waals surface area contributed by atoms with E-state index < -0.39 is 11.9 Å². The maximum Gasteiger partial charge on any atom is 0.142 e. The molecular formula is C14H16Cl2FN3O. The third kappa shape index (κ3) is 3.55. The highest BCUT2D eigenvalue weighted by Gasteiger charge is 2.23. The van der Waals surface area contributed by atoms with Gasteiger partial charge in [-0.3, -0.25) is 4.68 Å². The maximum atomic E-state index is 13.5. The zero-order chi connectivity index (χ0) is 15.6. The first-order valence-corrected chi connectivity index (χ1v) is 7.15. The van der Waals surface area contributed by atoms with Crippen LogP contribution in [0.25, 0.3) is 0 Å². The lowest BCUT2D eigenvalue weighted by Crippen LogP contribution is -2.21.